The van der Waals surface area contributed by atoms with E-state index in [-0.39, 0.29) is 17.1 Å². The highest BCUT2D eigenvalue weighted by Crippen LogP contribution is 2.40. The van der Waals surface area contributed by atoms with Gasteiger partial charge in [-0.25, -0.2) is 4.79 Å². The van der Waals surface area contributed by atoms with Gasteiger partial charge < -0.3 is 15.2 Å². The van der Waals surface area contributed by atoms with Crippen LogP contribution in [0.1, 0.15) is 17.2 Å². The molecular weight excluding hydrogens is 387 g/mol. The van der Waals surface area contributed by atoms with Gasteiger partial charge in [-0.15, -0.1) is 0 Å². The molecule has 9 heteroatoms. The van der Waals surface area contributed by atoms with Gasteiger partial charge in [-0.2, -0.15) is 13.2 Å². The maximum atomic E-state index is 14.1. The third-order valence-electron chi connectivity index (χ3n) is 4.95. The Bertz CT molecular complexity index is 929. The molecule has 1 saturated heterocycles. The topological polar surface area (TPSA) is 74.2 Å². The standard InChI is InChI=1S/C20H18F3N3O3/c21-20(22,23)17-16(12-6-2-1-3-7-12)29-15-9-5-4-8-14(15)18(25-17)26(19(27)28)13-10-24-11-13/h1-9,13,16-17,24H,10-11H2,(H,27,28). The number of amidine groups is 1. The fraction of sp³-hybridized carbons (Fsp3) is 0.300. The molecule has 0 aromatic heterocycles. The zero-order chi connectivity index (χ0) is 20.6. The summed E-state index contributed by atoms with van der Waals surface area (Å²) in [5.74, 6) is -0.0919. The molecule has 0 aliphatic carbocycles. The van der Waals surface area contributed by atoms with Crippen LogP contribution in [-0.4, -0.2) is 53.3 Å². The minimum Gasteiger partial charge on any atom is -0.482 e. The summed E-state index contributed by atoms with van der Waals surface area (Å²) in [7, 11) is 0. The lowest BCUT2D eigenvalue weighted by atomic mass is 10.0. The van der Waals surface area contributed by atoms with Gasteiger partial charge in [0, 0.05) is 13.1 Å². The lowest BCUT2D eigenvalue weighted by Gasteiger charge is -2.37. The molecule has 0 radical (unpaired) electrons. The maximum Gasteiger partial charge on any atom is 0.414 e. The number of benzene rings is 2. The first-order valence-corrected chi connectivity index (χ1v) is 9.04. The summed E-state index contributed by atoms with van der Waals surface area (Å²) in [6.45, 7) is 0.681. The number of ether oxygens (including phenoxy) is 1. The molecule has 2 N–H and O–H groups in total. The Morgan fingerprint density at radius 1 is 1.10 bits per heavy atom. The summed E-state index contributed by atoms with van der Waals surface area (Å²) in [4.78, 5) is 16.8. The van der Waals surface area contributed by atoms with E-state index >= 15 is 0 Å². The van der Waals surface area contributed by atoms with Crippen LogP contribution in [0.5, 0.6) is 5.75 Å². The zero-order valence-electron chi connectivity index (χ0n) is 15.1. The van der Waals surface area contributed by atoms with Crippen molar-refractivity contribution < 1.29 is 27.8 Å². The number of hydrogen-bond acceptors (Lipinski definition) is 4. The minimum atomic E-state index is -4.74. The molecule has 0 bridgehead atoms. The van der Waals surface area contributed by atoms with Crippen molar-refractivity contribution in [2.75, 3.05) is 13.1 Å². The van der Waals surface area contributed by atoms with Gasteiger partial charge in [-0.05, 0) is 17.7 Å². The van der Waals surface area contributed by atoms with Crippen molar-refractivity contribution in [2.45, 2.75) is 24.4 Å². The van der Waals surface area contributed by atoms with Crippen LogP contribution in [0, 0.1) is 0 Å². The van der Waals surface area contributed by atoms with Crippen molar-refractivity contribution in [1.82, 2.24) is 10.2 Å². The average molecular weight is 405 g/mol. The molecule has 2 heterocycles. The number of para-hydroxylation sites is 1. The number of rotatable bonds is 2. The lowest BCUT2D eigenvalue weighted by Crippen LogP contribution is -2.60. The van der Waals surface area contributed by atoms with Gasteiger partial charge in [-0.3, -0.25) is 9.89 Å². The number of fused-ring (bicyclic) bond motifs is 1. The normalized spacial score (nSPS) is 21.8. The van der Waals surface area contributed by atoms with Crippen LogP contribution in [0.3, 0.4) is 0 Å². The van der Waals surface area contributed by atoms with Gasteiger partial charge in [0.15, 0.2) is 12.1 Å². The molecule has 2 aromatic rings. The first-order chi connectivity index (χ1) is 13.9. The minimum absolute atomic E-state index is 0.158. The lowest BCUT2D eigenvalue weighted by molar-refractivity contribution is -0.165. The van der Waals surface area contributed by atoms with Crippen molar-refractivity contribution in [2.24, 2.45) is 4.99 Å². The van der Waals surface area contributed by atoms with Gasteiger partial charge in [0.25, 0.3) is 0 Å². The van der Waals surface area contributed by atoms with Crippen LogP contribution in [0.15, 0.2) is 59.6 Å². The van der Waals surface area contributed by atoms with Crippen LogP contribution >= 0.6 is 0 Å². The zero-order valence-corrected chi connectivity index (χ0v) is 15.1. The molecule has 2 unspecified atom stereocenters. The molecule has 29 heavy (non-hydrogen) atoms. The van der Waals surface area contributed by atoms with Crippen molar-refractivity contribution in [3.63, 3.8) is 0 Å². The summed E-state index contributed by atoms with van der Waals surface area (Å²) in [6, 6.07) is 11.5. The number of halogens is 3. The highest BCUT2D eigenvalue weighted by molar-refractivity contribution is 6.08. The summed E-state index contributed by atoms with van der Waals surface area (Å²) < 4.78 is 48.0. The summed E-state index contributed by atoms with van der Waals surface area (Å²) >= 11 is 0. The fourth-order valence-corrected chi connectivity index (χ4v) is 3.43. The number of hydrogen-bond donors (Lipinski definition) is 2. The molecule has 4 rings (SSSR count). The number of aliphatic imine (C=N–C) groups is 1. The molecule has 152 valence electrons. The number of nitrogens with one attached hydrogen (secondary N) is 1. The van der Waals surface area contributed by atoms with Gasteiger partial charge in [0.1, 0.15) is 11.6 Å². The Hall–Kier alpha value is -3.07. The molecule has 2 aromatic carbocycles. The predicted molar refractivity (Wildman–Crippen MR) is 99.2 cm³/mol. The number of carbonyl (C=O) groups is 1. The van der Waals surface area contributed by atoms with Gasteiger partial charge in [0.05, 0.1) is 11.6 Å². The summed E-state index contributed by atoms with van der Waals surface area (Å²) in [5, 5.41) is 12.7. The van der Waals surface area contributed by atoms with Crippen LogP contribution in [0.25, 0.3) is 0 Å². The predicted octanol–water partition coefficient (Wildman–Crippen LogP) is 3.45. The second-order valence-corrected chi connectivity index (χ2v) is 6.85. The Morgan fingerprint density at radius 3 is 2.34 bits per heavy atom. The Labute approximate surface area is 164 Å². The largest absolute Gasteiger partial charge is 0.482 e. The van der Waals surface area contributed by atoms with Crippen LogP contribution in [-0.2, 0) is 0 Å². The molecule has 6 nitrogen and oxygen atoms in total. The molecular formula is C20H18F3N3O3. The molecule has 2 atom stereocenters. The number of amides is 1. The van der Waals surface area contributed by atoms with Crippen molar-refractivity contribution in [3.05, 3.63) is 65.7 Å². The highest BCUT2D eigenvalue weighted by Gasteiger charge is 2.50. The summed E-state index contributed by atoms with van der Waals surface area (Å²) in [5.41, 5.74) is 0.524. The van der Waals surface area contributed by atoms with Crippen molar-refractivity contribution >= 4 is 11.9 Å². The summed E-state index contributed by atoms with van der Waals surface area (Å²) in [6.07, 6.45) is -7.54. The maximum absolute atomic E-state index is 14.1. The van der Waals surface area contributed by atoms with Crippen LogP contribution in [0.4, 0.5) is 18.0 Å². The second kappa shape index (κ2) is 7.40. The average Bonchev–Trinajstić information content (AvgIpc) is 2.82. The fourth-order valence-electron chi connectivity index (χ4n) is 3.43. The van der Waals surface area contributed by atoms with E-state index in [4.69, 9.17) is 4.74 Å². The SMILES string of the molecule is O=C(O)N(C1=NC(C(F)(F)F)C(c2ccccc2)Oc2ccccc21)C1CNC1. The Morgan fingerprint density at radius 2 is 1.76 bits per heavy atom. The van der Waals surface area contributed by atoms with Gasteiger partial charge >= 0.3 is 12.3 Å². The van der Waals surface area contributed by atoms with E-state index < -0.39 is 30.5 Å². The molecule has 1 amide bonds. The van der Waals surface area contributed by atoms with Crippen molar-refractivity contribution in [3.8, 4) is 5.75 Å². The smallest absolute Gasteiger partial charge is 0.414 e. The van der Waals surface area contributed by atoms with E-state index in [1.165, 1.54) is 24.3 Å². The van der Waals surface area contributed by atoms with E-state index in [1.807, 2.05) is 0 Å². The third kappa shape index (κ3) is 3.65. The Balaban J connectivity index is 1.90. The van der Waals surface area contributed by atoms with E-state index in [0.29, 0.717) is 18.7 Å². The quantitative estimate of drug-likeness (QED) is 0.803. The number of nitrogens with zero attached hydrogens (tertiary/aromatic N) is 2. The van der Waals surface area contributed by atoms with Crippen molar-refractivity contribution in [1.29, 1.82) is 0 Å². The van der Waals surface area contributed by atoms with E-state index in [0.717, 1.165) is 4.90 Å². The number of alkyl halides is 3. The van der Waals surface area contributed by atoms with Crippen LogP contribution in [0.2, 0.25) is 0 Å². The first kappa shape index (κ1) is 19.3. The molecule has 0 spiro atoms. The molecule has 2 aliphatic heterocycles. The van der Waals surface area contributed by atoms with E-state index in [9.17, 15) is 23.1 Å². The molecule has 1 fully saturated rings. The number of carboxylic acid groups (broad SMARTS) is 1. The third-order valence-corrected chi connectivity index (χ3v) is 4.95. The van der Waals surface area contributed by atoms with Gasteiger partial charge in [-0.1, -0.05) is 42.5 Å². The van der Waals surface area contributed by atoms with E-state index in [1.54, 1.807) is 30.3 Å². The second-order valence-electron chi connectivity index (χ2n) is 6.85. The van der Waals surface area contributed by atoms with Gasteiger partial charge in [0.2, 0.25) is 0 Å². The van der Waals surface area contributed by atoms with Crippen LogP contribution < -0.4 is 10.1 Å². The Kier molecular flexibility index (Phi) is 4.91. The molecule has 0 saturated carbocycles. The highest BCUT2D eigenvalue weighted by atomic mass is 19.4. The van der Waals surface area contributed by atoms with E-state index in [2.05, 4.69) is 10.3 Å². The monoisotopic (exact) mass is 405 g/mol. The first-order valence-electron chi connectivity index (χ1n) is 9.04. The molecule has 2 aliphatic rings.